The number of rotatable bonds is 28. The van der Waals surface area contributed by atoms with Crippen molar-refractivity contribution in [2.24, 2.45) is 0 Å². The Balaban J connectivity index is 4.26. The van der Waals surface area contributed by atoms with E-state index in [9.17, 15) is 19.5 Å². The molecule has 0 saturated carbocycles. The first kappa shape index (κ1) is 36.7. The number of aliphatic carboxylic acids is 1. The van der Waals surface area contributed by atoms with Crippen LogP contribution in [0.5, 0.6) is 0 Å². The number of carbonyl (C=O) groups excluding carboxylic acids is 2. The van der Waals surface area contributed by atoms with Gasteiger partial charge in [-0.05, 0) is 12.8 Å². The van der Waals surface area contributed by atoms with E-state index in [2.05, 4.69) is 31.8 Å². The highest BCUT2D eigenvalue weighted by Gasteiger charge is 2.21. The molecule has 0 aliphatic heterocycles. The molecular formula is C30H57NO6S. The van der Waals surface area contributed by atoms with Crippen LogP contribution in [0.15, 0.2) is 0 Å². The van der Waals surface area contributed by atoms with Gasteiger partial charge in [-0.15, -0.1) is 0 Å². The fraction of sp³-hybridized carbons (Fsp3) is 0.900. The summed E-state index contributed by atoms with van der Waals surface area (Å²) in [6.45, 7) is 4.45. The van der Waals surface area contributed by atoms with E-state index < -0.39 is 18.1 Å². The fourth-order valence-corrected chi connectivity index (χ4v) is 4.59. The zero-order chi connectivity index (χ0) is 28.3. The third-order valence-electron chi connectivity index (χ3n) is 6.77. The molecule has 0 bridgehead atoms. The second kappa shape index (κ2) is 27.3. The molecule has 2 N–H and O–H groups in total. The molecule has 7 nitrogen and oxygen atoms in total. The molecule has 0 rings (SSSR count). The molecule has 0 aromatic rings. The number of ether oxygens (including phenoxy) is 2. The minimum atomic E-state index is -1.03. The molecule has 0 aliphatic carbocycles. The van der Waals surface area contributed by atoms with Crippen LogP contribution in [-0.2, 0) is 23.9 Å². The maximum absolute atomic E-state index is 12.4. The van der Waals surface area contributed by atoms with E-state index in [1.807, 2.05) is 0 Å². The Kier molecular flexibility index (Phi) is 26.4. The van der Waals surface area contributed by atoms with Crippen molar-refractivity contribution in [1.29, 1.82) is 0 Å². The summed E-state index contributed by atoms with van der Waals surface area (Å²) in [6, 6.07) is -0.866. The van der Waals surface area contributed by atoms with Crippen molar-refractivity contribution in [3.63, 3.8) is 0 Å². The average molecular weight is 560 g/mol. The molecule has 2 atom stereocenters. The van der Waals surface area contributed by atoms with Crippen molar-refractivity contribution in [2.45, 2.75) is 154 Å². The summed E-state index contributed by atoms with van der Waals surface area (Å²) in [5.41, 5.74) is 0. The van der Waals surface area contributed by atoms with Gasteiger partial charge in [-0.25, -0.2) is 0 Å². The van der Waals surface area contributed by atoms with Crippen LogP contribution >= 0.6 is 12.6 Å². The standard InChI is InChI=1S/C30H57NO6S/c1-3-5-7-9-11-13-15-17-19-21-28(32)36-24-26(23-31-27(25-38)30(34)35)37-29(33)22-20-18-16-14-12-10-8-6-4-2/h26-27,31,38H,3-25H2,1-2H3,(H,34,35)/t26?,27-/m0/s1. The lowest BCUT2D eigenvalue weighted by atomic mass is 10.1. The molecule has 224 valence electrons. The van der Waals surface area contributed by atoms with Gasteiger partial charge >= 0.3 is 17.9 Å². The Labute approximate surface area is 238 Å². The predicted molar refractivity (Wildman–Crippen MR) is 158 cm³/mol. The summed E-state index contributed by atoms with van der Waals surface area (Å²) in [5.74, 6) is -1.57. The molecule has 0 aromatic carbocycles. The van der Waals surface area contributed by atoms with Crippen molar-refractivity contribution in [3.8, 4) is 0 Å². The summed E-state index contributed by atoms with van der Waals surface area (Å²) in [7, 11) is 0. The molecule has 8 heteroatoms. The number of nitrogens with one attached hydrogen (secondary N) is 1. The lowest BCUT2D eigenvalue weighted by Gasteiger charge is -2.21. The molecule has 0 aromatic heterocycles. The number of carboxylic acid groups (broad SMARTS) is 1. The number of hydrogen-bond donors (Lipinski definition) is 3. The molecule has 0 radical (unpaired) electrons. The predicted octanol–water partition coefficient (Wildman–Crippen LogP) is 7.26. The van der Waals surface area contributed by atoms with E-state index in [1.54, 1.807) is 0 Å². The minimum Gasteiger partial charge on any atom is -0.480 e. The van der Waals surface area contributed by atoms with Gasteiger partial charge in [0.2, 0.25) is 0 Å². The lowest BCUT2D eigenvalue weighted by molar-refractivity contribution is -0.159. The van der Waals surface area contributed by atoms with E-state index in [0.717, 1.165) is 38.5 Å². The van der Waals surface area contributed by atoms with Gasteiger partial charge in [0, 0.05) is 25.1 Å². The van der Waals surface area contributed by atoms with Crippen LogP contribution < -0.4 is 5.32 Å². The highest BCUT2D eigenvalue weighted by atomic mass is 32.1. The third kappa shape index (κ3) is 23.8. The Morgan fingerprint density at radius 2 is 1.11 bits per heavy atom. The Morgan fingerprint density at radius 3 is 1.53 bits per heavy atom. The SMILES string of the molecule is CCCCCCCCCCCC(=O)OCC(CN[C@@H](CS)C(=O)O)OC(=O)CCCCCCCCCCC. The van der Waals surface area contributed by atoms with Crippen LogP contribution in [0.3, 0.4) is 0 Å². The summed E-state index contributed by atoms with van der Waals surface area (Å²) < 4.78 is 10.9. The quantitative estimate of drug-likeness (QED) is 0.0527. The first-order valence-electron chi connectivity index (χ1n) is 15.4. The van der Waals surface area contributed by atoms with E-state index in [1.165, 1.54) is 77.0 Å². The molecule has 0 heterocycles. The number of carbonyl (C=O) groups is 3. The molecule has 0 aliphatic rings. The van der Waals surface area contributed by atoms with Gasteiger partial charge in [-0.2, -0.15) is 12.6 Å². The highest BCUT2D eigenvalue weighted by molar-refractivity contribution is 7.80. The Hall–Kier alpha value is -1.28. The van der Waals surface area contributed by atoms with Crippen molar-refractivity contribution in [3.05, 3.63) is 0 Å². The zero-order valence-electron chi connectivity index (χ0n) is 24.4. The van der Waals surface area contributed by atoms with Crippen molar-refractivity contribution < 1.29 is 29.0 Å². The Morgan fingerprint density at radius 1 is 0.684 bits per heavy atom. The number of esters is 2. The zero-order valence-corrected chi connectivity index (χ0v) is 25.2. The largest absolute Gasteiger partial charge is 0.480 e. The summed E-state index contributed by atoms with van der Waals surface area (Å²) in [4.78, 5) is 35.9. The van der Waals surface area contributed by atoms with Gasteiger partial charge < -0.3 is 14.6 Å². The van der Waals surface area contributed by atoms with Gasteiger partial charge in [-0.3, -0.25) is 19.7 Å². The Bertz CT molecular complexity index is 589. The molecule has 0 spiro atoms. The average Bonchev–Trinajstić information content (AvgIpc) is 2.89. The normalized spacial score (nSPS) is 12.7. The maximum Gasteiger partial charge on any atom is 0.321 e. The van der Waals surface area contributed by atoms with Crippen LogP contribution in [0.1, 0.15) is 142 Å². The third-order valence-corrected chi connectivity index (χ3v) is 7.13. The van der Waals surface area contributed by atoms with Crippen molar-refractivity contribution in [1.82, 2.24) is 5.32 Å². The van der Waals surface area contributed by atoms with Gasteiger partial charge in [0.25, 0.3) is 0 Å². The fourth-order valence-electron chi connectivity index (χ4n) is 4.30. The van der Waals surface area contributed by atoms with Crippen molar-refractivity contribution in [2.75, 3.05) is 18.9 Å². The van der Waals surface area contributed by atoms with Gasteiger partial charge in [0.15, 0.2) is 0 Å². The molecule has 0 fully saturated rings. The van der Waals surface area contributed by atoms with E-state index in [4.69, 9.17) is 9.47 Å². The summed E-state index contributed by atoms with van der Waals surface area (Å²) in [6.07, 6.45) is 20.9. The van der Waals surface area contributed by atoms with Gasteiger partial charge in [-0.1, -0.05) is 117 Å². The van der Waals surface area contributed by atoms with E-state index in [-0.39, 0.29) is 30.8 Å². The number of hydrogen-bond acceptors (Lipinski definition) is 7. The molecule has 38 heavy (non-hydrogen) atoms. The number of carboxylic acids is 1. The van der Waals surface area contributed by atoms with Crippen LogP contribution in [0, 0.1) is 0 Å². The maximum atomic E-state index is 12.4. The van der Waals surface area contributed by atoms with E-state index in [0.29, 0.717) is 12.8 Å². The van der Waals surface area contributed by atoms with Gasteiger partial charge in [0.1, 0.15) is 18.8 Å². The number of unbranched alkanes of at least 4 members (excludes halogenated alkanes) is 16. The highest BCUT2D eigenvalue weighted by Crippen LogP contribution is 2.13. The first-order valence-corrected chi connectivity index (χ1v) is 16.0. The van der Waals surface area contributed by atoms with Crippen LogP contribution in [0.4, 0.5) is 0 Å². The van der Waals surface area contributed by atoms with Crippen LogP contribution in [0.25, 0.3) is 0 Å². The first-order chi connectivity index (χ1) is 18.4. The monoisotopic (exact) mass is 559 g/mol. The van der Waals surface area contributed by atoms with E-state index >= 15 is 0 Å². The molecule has 0 amide bonds. The smallest absolute Gasteiger partial charge is 0.321 e. The lowest BCUT2D eigenvalue weighted by Crippen LogP contribution is -2.44. The molecule has 0 saturated heterocycles. The van der Waals surface area contributed by atoms with Crippen LogP contribution in [0.2, 0.25) is 0 Å². The minimum absolute atomic E-state index is 0.0777. The van der Waals surface area contributed by atoms with Crippen molar-refractivity contribution >= 4 is 30.5 Å². The second-order valence-electron chi connectivity index (χ2n) is 10.4. The molecular weight excluding hydrogens is 502 g/mol. The summed E-state index contributed by atoms with van der Waals surface area (Å²) in [5, 5.41) is 12.1. The summed E-state index contributed by atoms with van der Waals surface area (Å²) >= 11 is 4.06. The topological polar surface area (TPSA) is 102 Å². The van der Waals surface area contributed by atoms with Gasteiger partial charge in [0.05, 0.1) is 0 Å². The van der Waals surface area contributed by atoms with Crippen LogP contribution in [-0.4, -0.2) is 54.1 Å². The molecule has 1 unspecified atom stereocenters. The number of thiol groups is 1. The second-order valence-corrected chi connectivity index (χ2v) is 10.8.